The van der Waals surface area contributed by atoms with Gasteiger partial charge in [-0.05, 0) is 18.6 Å². The Hall–Kier alpha value is -1.33. The third-order valence-electron chi connectivity index (χ3n) is 2.06. The molecule has 0 aliphatic rings. The van der Waals surface area contributed by atoms with Crippen LogP contribution >= 0.6 is 0 Å². The SMILES string of the molecule is C=C(C)c1cc(B(O)O)c(OC)cc1F.CC.CC.CC. The average molecular weight is 300 g/mol. The monoisotopic (exact) mass is 300 g/mol. The summed E-state index contributed by atoms with van der Waals surface area (Å²) in [7, 11) is -0.361. The van der Waals surface area contributed by atoms with Gasteiger partial charge in [0.25, 0.3) is 0 Å². The van der Waals surface area contributed by atoms with Crippen molar-refractivity contribution in [2.24, 2.45) is 0 Å². The molecule has 122 valence electrons. The molecule has 3 nitrogen and oxygen atoms in total. The molecule has 1 aromatic carbocycles. The van der Waals surface area contributed by atoms with Crippen molar-refractivity contribution in [1.29, 1.82) is 0 Å². The maximum Gasteiger partial charge on any atom is 0.492 e. The fourth-order valence-corrected chi connectivity index (χ4v) is 1.28. The van der Waals surface area contributed by atoms with Crippen molar-refractivity contribution >= 4 is 18.2 Å². The van der Waals surface area contributed by atoms with Crippen LogP contribution in [0.3, 0.4) is 0 Å². The molecule has 1 aromatic rings. The Morgan fingerprint density at radius 3 is 1.81 bits per heavy atom. The quantitative estimate of drug-likeness (QED) is 0.838. The molecular formula is C16H30BFO3. The van der Waals surface area contributed by atoms with Crippen molar-refractivity contribution in [2.75, 3.05) is 7.11 Å². The number of hydrogen-bond acceptors (Lipinski definition) is 3. The fraction of sp³-hybridized carbons (Fsp3) is 0.500. The van der Waals surface area contributed by atoms with E-state index in [1.165, 1.54) is 13.2 Å². The van der Waals surface area contributed by atoms with Gasteiger partial charge in [0.1, 0.15) is 11.6 Å². The molecule has 5 heteroatoms. The highest BCUT2D eigenvalue weighted by molar-refractivity contribution is 6.59. The zero-order chi connectivity index (χ0) is 17.6. The average Bonchev–Trinajstić information content (AvgIpc) is 2.52. The molecule has 0 amide bonds. The number of hydrogen-bond donors (Lipinski definition) is 2. The highest BCUT2D eigenvalue weighted by Crippen LogP contribution is 2.20. The van der Waals surface area contributed by atoms with Gasteiger partial charge < -0.3 is 14.8 Å². The number of allylic oxidation sites excluding steroid dienone is 1. The summed E-state index contributed by atoms with van der Waals surface area (Å²) < 4.78 is 18.3. The number of benzene rings is 1. The Labute approximate surface area is 129 Å². The van der Waals surface area contributed by atoms with E-state index in [1.807, 2.05) is 41.5 Å². The van der Waals surface area contributed by atoms with Crippen LogP contribution in [0.25, 0.3) is 5.57 Å². The van der Waals surface area contributed by atoms with Gasteiger partial charge in [0, 0.05) is 17.1 Å². The van der Waals surface area contributed by atoms with Crippen molar-refractivity contribution in [1.82, 2.24) is 0 Å². The minimum Gasteiger partial charge on any atom is -0.497 e. The van der Waals surface area contributed by atoms with E-state index in [-0.39, 0.29) is 16.8 Å². The van der Waals surface area contributed by atoms with Crippen molar-refractivity contribution in [3.05, 3.63) is 30.1 Å². The number of rotatable bonds is 3. The molecule has 0 fully saturated rings. The molecule has 0 aromatic heterocycles. The maximum absolute atomic E-state index is 13.4. The van der Waals surface area contributed by atoms with Gasteiger partial charge in [0.05, 0.1) is 7.11 Å². The van der Waals surface area contributed by atoms with Gasteiger partial charge in [0.2, 0.25) is 0 Å². The normalized spacial score (nSPS) is 7.95. The maximum atomic E-state index is 13.4. The Morgan fingerprint density at radius 1 is 1.10 bits per heavy atom. The Balaban J connectivity index is -0.000000478. The van der Waals surface area contributed by atoms with Crippen LogP contribution in [-0.2, 0) is 0 Å². The van der Waals surface area contributed by atoms with Gasteiger partial charge in [-0.15, -0.1) is 0 Å². The van der Waals surface area contributed by atoms with Gasteiger partial charge >= 0.3 is 7.12 Å². The second-order valence-corrected chi connectivity index (χ2v) is 3.23. The molecule has 21 heavy (non-hydrogen) atoms. The Kier molecular flexibility index (Phi) is 17.7. The summed E-state index contributed by atoms with van der Waals surface area (Å²) >= 11 is 0. The summed E-state index contributed by atoms with van der Waals surface area (Å²) in [6.45, 7) is 17.2. The molecule has 0 saturated carbocycles. The highest BCUT2D eigenvalue weighted by atomic mass is 19.1. The van der Waals surface area contributed by atoms with Gasteiger partial charge in [-0.1, -0.05) is 48.1 Å². The molecular weight excluding hydrogens is 270 g/mol. The van der Waals surface area contributed by atoms with Crippen LogP contribution in [-0.4, -0.2) is 24.3 Å². The van der Waals surface area contributed by atoms with Crippen molar-refractivity contribution in [2.45, 2.75) is 48.5 Å². The third kappa shape index (κ3) is 8.53. The Bertz CT molecular complexity index is 393. The summed E-state index contributed by atoms with van der Waals surface area (Å²) in [4.78, 5) is 0. The van der Waals surface area contributed by atoms with Crippen LogP contribution in [0.15, 0.2) is 18.7 Å². The fourth-order valence-electron chi connectivity index (χ4n) is 1.28. The first-order valence-corrected chi connectivity index (χ1v) is 7.36. The zero-order valence-electron chi connectivity index (χ0n) is 14.6. The largest absolute Gasteiger partial charge is 0.497 e. The number of ether oxygens (including phenoxy) is 1. The number of methoxy groups -OCH3 is 1. The summed E-state index contributed by atoms with van der Waals surface area (Å²) in [6.07, 6.45) is 0. The van der Waals surface area contributed by atoms with Gasteiger partial charge in [-0.25, -0.2) is 4.39 Å². The summed E-state index contributed by atoms with van der Waals surface area (Å²) in [6, 6.07) is 2.43. The minimum absolute atomic E-state index is 0.104. The van der Waals surface area contributed by atoms with Crippen LogP contribution in [0, 0.1) is 5.82 Å². The number of halogens is 1. The van der Waals surface area contributed by atoms with Crippen LogP contribution in [0.2, 0.25) is 0 Å². The molecule has 0 unspecified atom stereocenters. The molecule has 1 rings (SSSR count). The molecule has 0 heterocycles. The van der Waals surface area contributed by atoms with Gasteiger partial charge in [-0.2, -0.15) is 0 Å². The van der Waals surface area contributed by atoms with E-state index in [0.29, 0.717) is 5.57 Å². The molecule has 0 atom stereocenters. The minimum atomic E-state index is -1.70. The van der Waals surface area contributed by atoms with E-state index in [2.05, 4.69) is 6.58 Å². The topological polar surface area (TPSA) is 49.7 Å². The van der Waals surface area contributed by atoms with Gasteiger partial charge in [-0.3, -0.25) is 0 Å². The third-order valence-corrected chi connectivity index (χ3v) is 2.06. The first kappa shape index (κ1) is 24.7. The van der Waals surface area contributed by atoms with Crippen molar-refractivity contribution in [3.8, 4) is 5.75 Å². The first-order valence-electron chi connectivity index (χ1n) is 7.36. The molecule has 0 aliphatic heterocycles. The van der Waals surface area contributed by atoms with E-state index in [9.17, 15) is 4.39 Å². The standard InChI is InChI=1S/C10H12BFO3.3C2H6/c1-6(2)7-4-8(11(13)14)10(15-3)5-9(7)12;3*1-2/h4-5,13-14H,1H2,2-3H3;3*1-2H3. The molecule has 0 spiro atoms. The second kappa shape index (κ2) is 15.1. The van der Waals surface area contributed by atoms with E-state index in [1.54, 1.807) is 6.92 Å². The lowest BCUT2D eigenvalue weighted by atomic mass is 9.78. The highest BCUT2D eigenvalue weighted by Gasteiger charge is 2.20. The molecule has 0 bridgehead atoms. The van der Waals surface area contributed by atoms with Gasteiger partial charge in [0.15, 0.2) is 0 Å². The zero-order valence-corrected chi connectivity index (χ0v) is 14.6. The lowest BCUT2D eigenvalue weighted by molar-refractivity contribution is 0.401. The predicted octanol–water partition coefficient (Wildman–Crippen LogP) is 3.63. The lowest BCUT2D eigenvalue weighted by Gasteiger charge is -2.11. The van der Waals surface area contributed by atoms with E-state index < -0.39 is 12.9 Å². The summed E-state index contributed by atoms with van der Waals surface area (Å²) in [5, 5.41) is 18.1. The molecule has 2 N–H and O–H groups in total. The molecule has 0 radical (unpaired) electrons. The van der Waals surface area contributed by atoms with Crippen LogP contribution in [0.5, 0.6) is 5.75 Å². The first-order chi connectivity index (χ1) is 9.97. The summed E-state index contributed by atoms with van der Waals surface area (Å²) in [5.74, 6) is -0.392. The van der Waals surface area contributed by atoms with Crippen molar-refractivity contribution in [3.63, 3.8) is 0 Å². The van der Waals surface area contributed by atoms with Crippen LogP contribution < -0.4 is 10.2 Å². The smallest absolute Gasteiger partial charge is 0.492 e. The molecule has 0 saturated heterocycles. The Morgan fingerprint density at radius 2 is 1.52 bits per heavy atom. The van der Waals surface area contributed by atoms with Crippen molar-refractivity contribution < 1.29 is 19.2 Å². The lowest BCUT2D eigenvalue weighted by Crippen LogP contribution is -2.31. The van der Waals surface area contributed by atoms with Crippen LogP contribution in [0.1, 0.15) is 54.0 Å². The van der Waals surface area contributed by atoms with Crippen LogP contribution in [0.4, 0.5) is 4.39 Å². The van der Waals surface area contributed by atoms with E-state index in [4.69, 9.17) is 14.8 Å². The summed E-state index contributed by atoms with van der Waals surface area (Å²) in [5.41, 5.74) is 0.882. The second-order valence-electron chi connectivity index (χ2n) is 3.23. The molecule has 0 aliphatic carbocycles. The van der Waals surface area contributed by atoms with E-state index >= 15 is 0 Å². The van der Waals surface area contributed by atoms with E-state index in [0.717, 1.165) is 6.07 Å². The predicted molar refractivity (Wildman–Crippen MR) is 91.5 cm³/mol.